The fourth-order valence-corrected chi connectivity index (χ4v) is 3.33. The third kappa shape index (κ3) is 2.76. The Bertz CT molecular complexity index is 412. The fraction of sp³-hybridized carbons (Fsp3) is 0.643. The van der Waals surface area contributed by atoms with Gasteiger partial charge in [0.25, 0.3) is 0 Å². The lowest BCUT2D eigenvalue weighted by atomic mass is 9.63. The minimum absolute atomic E-state index is 0.610. The van der Waals surface area contributed by atoms with Gasteiger partial charge in [0.05, 0.1) is 18.9 Å². The van der Waals surface area contributed by atoms with Crippen molar-refractivity contribution >= 4 is 15.9 Å². The van der Waals surface area contributed by atoms with E-state index >= 15 is 0 Å². The molecule has 0 unspecified atom stereocenters. The van der Waals surface area contributed by atoms with Crippen LogP contribution in [0.25, 0.3) is 0 Å². The highest BCUT2D eigenvalue weighted by Crippen LogP contribution is 2.47. The SMILES string of the molecule is Brc1cccc(COCCN2CC3(CCC3)C2)n1. The Kier molecular flexibility index (Phi) is 3.68. The van der Waals surface area contributed by atoms with E-state index in [9.17, 15) is 0 Å². The Hall–Kier alpha value is -0.450. The van der Waals surface area contributed by atoms with Crippen molar-refractivity contribution in [1.29, 1.82) is 0 Å². The van der Waals surface area contributed by atoms with Crippen LogP contribution in [0.15, 0.2) is 22.8 Å². The molecular formula is C14H19BrN2O. The van der Waals surface area contributed by atoms with Gasteiger partial charge in [-0.15, -0.1) is 0 Å². The summed E-state index contributed by atoms with van der Waals surface area (Å²) in [5.41, 5.74) is 1.72. The molecule has 1 spiro atoms. The minimum atomic E-state index is 0.610. The molecule has 4 heteroatoms. The average Bonchev–Trinajstić information content (AvgIpc) is 2.24. The molecule has 3 nitrogen and oxygen atoms in total. The highest BCUT2D eigenvalue weighted by molar-refractivity contribution is 9.10. The number of ether oxygens (including phenoxy) is 1. The van der Waals surface area contributed by atoms with Crippen LogP contribution in [0.3, 0.4) is 0 Å². The second-order valence-electron chi connectivity index (χ2n) is 5.57. The van der Waals surface area contributed by atoms with E-state index in [2.05, 4.69) is 25.8 Å². The van der Waals surface area contributed by atoms with Crippen molar-refractivity contribution in [2.45, 2.75) is 25.9 Å². The average molecular weight is 311 g/mol. The Morgan fingerprint density at radius 3 is 2.83 bits per heavy atom. The van der Waals surface area contributed by atoms with E-state index in [-0.39, 0.29) is 0 Å². The summed E-state index contributed by atoms with van der Waals surface area (Å²) in [6.45, 7) is 5.08. The van der Waals surface area contributed by atoms with Gasteiger partial charge in [0, 0.05) is 19.6 Å². The Balaban J connectivity index is 1.31. The Morgan fingerprint density at radius 2 is 2.17 bits per heavy atom. The second-order valence-corrected chi connectivity index (χ2v) is 6.38. The molecule has 0 N–H and O–H groups in total. The van der Waals surface area contributed by atoms with Gasteiger partial charge in [0.2, 0.25) is 0 Å². The van der Waals surface area contributed by atoms with Crippen LogP contribution in [-0.2, 0) is 11.3 Å². The number of aromatic nitrogens is 1. The zero-order valence-electron chi connectivity index (χ0n) is 10.6. The quantitative estimate of drug-likeness (QED) is 0.618. The number of rotatable bonds is 5. The highest BCUT2D eigenvalue weighted by Gasteiger charge is 2.46. The van der Waals surface area contributed by atoms with Crippen molar-refractivity contribution in [1.82, 2.24) is 9.88 Å². The Morgan fingerprint density at radius 1 is 1.33 bits per heavy atom. The van der Waals surface area contributed by atoms with Crippen LogP contribution < -0.4 is 0 Å². The molecule has 2 heterocycles. The van der Waals surface area contributed by atoms with Crippen molar-refractivity contribution in [3.05, 3.63) is 28.5 Å². The van der Waals surface area contributed by atoms with Gasteiger partial charge in [-0.05, 0) is 46.3 Å². The topological polar surface area (TPSA) is 25.4 Å². The van der Waals surface area contributed by atoms with Crippen LogP contribution in [0.4, 0.5) is 0 Å². The smallest absolute Gasteiger partial charge is 0.106 e. The van der Waals surface area contributed by atoms with E-state index in [1.807, 2.05) is 18.2 Å². The molecule has 98 valence electrons. The van der Waals surface area contributed by atoms with Crippen LogP contribution in [0.5, 0.6) is 0 Å². The molecule has 1 aliphatic heterocycles. The van der Waals surface area contributed by atoms with Crippen molar-refractivity contribution < 1.29 is 4.74 Å². The van der Waals surface area contributed by atoms with Gasteiger partial charge < -0.3 is 4.74 Å². The van der Waals surface area contributed by atoms with Gasteiger partial charge >= 0.3 is 0 Å². The molecule has 0 radical (unpaired) electrons. The summed E-state index contributed by atoms with van der Waals surface area (Å²) in [4.78, 5) is 6.85. The second kappa shape index (κ2) is 5.27. The molecule has 2 fully saturated rings. The third-order valence-electron chi connectivity index (χ3n) is 4.11. The summed E-state index contributed by atoms with van der Waals surface area (Å²) < 4.78 is 6.55. The monoisotopic (exact) mass is 310 g/mol. The van der Waals surface area contributed by atoms with E-state index < -0.39 is 0 Å². The summed E-state index contributed by atoms with van der Waals surface area (Å²) in [7, 11) is 0. The number of likely N-dealkylation sites (tertiary alicyclic amines) is 1. The van der Waals surface area contributed by atoms with Crippen LogP contribution in [-0.4, -0.2) is 36.1 Å². The van der Waals surface area contributed by atoms with Crippen molar-refractivity contribution in [3.63, 3.8) is 0 Å². The van der Waals surface area contributed by atoms with Crippen molar-refractivity contribution in [2.75, 3.05) is 26.2 Å². The van der Waals surface area contributed by atoms with Gasteiger partial charge in [-0.1, -0.05) is 12.5 Å². The zero-order chi connectivity index (χ0) is 12.4. The fourth-order valence-electron chi connectivity index (χ4n) is 2.95. The van der Waals surface area contributed by atoms with Gasteiger partial charge in [-0.3, -0.25) is 4.90 Å². The molecule has 1 aromatic heterocycles. The maximum absolute atomic E-state index is 5.68. The number of hydrogen-bond acceptors (Lipinski definition) is 3. The number of nitrogens with zero attached hydrogens (tertiary/aromatic N) is 2. The molecule has 0 aromatic carbocycles. The lowest BCUT2D eigenvalue weighted by Crippen LogP contribution is -2.60. The molecule has 2 aliphatic rings. The molecular weight excluding hydrogens is 292 g/mol. The number of halogens is 1. The van der Waals surface area contributed by atoms with Crippen molar-refractivity contribution in [2.24, 2.45) is 5.41 Å². The van der Waals surface area contributed by atoms with Gasteiger partial charge in [0.15, 0.2) is 0 Å². The van der Waals surface area contributed by atoms with E-state index in [4.69, 9.17) is 4.74 Å². The van der Waals surface area contributed by atoms with E-state index in [1.54, 1.807) is 0 Å². The van der Waals surface area contributed by atoms with Crippen LogP contribution in [0, 0.1) is 5.41 Å². The van der Waals surface area contributed by atoms with Crippen LogP contribution >= 0.6 is 15.9 Å². The summed E-state index contributed by atoms with van der Waals surface area (Å²) in [6, 6.07) is 5.92. The molecule has 0 atom stereocenters. The third-order valence-corrected chi connectivity index (χ3v) is 4.55. The number of pyridine rings is 1. The highest BCUT2D eigenvalue weighted by atomic mass is 79.9. The maximum Gasteiger partial charge on any atom is 0.106 e. The molecule has 1 saturated carbocycles. The van der Waals surface area contributed by atoms with Crippen molar-refractivity contribution in [3.8, 4) is 0 Å². The first-order chi connectivity index (χ1) is 8.76. The molecule has 1 aromatic rings. The first-order valence-electron chi connectivity index (χ1n) is 6.67. The molecule has 0 amide bonds. The van der Waals surface area contributed by atoms with E-state index in [0.717, 1.165) is 28.9 Å². The first-order valence-corrected chi connectivity index (χ1v) is 7.47. The molecule has 1 aliphatic carbocycles. The zero-order valence-corrected chi connectivity index (χ0v) is 12.2. The van der Waals surface area contributed by atoms with Gasteiger partial charge in [-0.2, -0.15) is 0 Å². The molecule has 0 bridgehead atoms. The summed E-state index contributed by atoms with van der Waals surface area (Å²) >= 11 is 3.37. The summed E-state index contributed by atoms with van der Waals surface area (Å²) in [5, 5.41) is 0. The first kappa shape index (κ1) is 12.6. The normalized spacial score (nSPS) is 21.6. The molecule has 18 heavy (non-hydrogen) atoms. The lowest BCUT2D eigenvalue weighted by Gasteiger charge is -2.56. The minimum Gasteiger partial charge on any atom is -0.374 e. The number of hydrogen-bond donors (Lipinski definition) is 0. The largest absolute Gasteiger partial charge is 0.374 e. The van der Waals surface area contributed by atoms with E-state index in [0.29, 0.717) is 6.61 Å². The van der Waals surface area contributed by atoms with Gasteiger partial charge in [-0.25, -0.2) is 4.98 Å². The summed E-state index contributed by atoms with van der Waals surface area (Å²) in [5.74, 6) is 0. The lowest BCUT2D eigenvalue weighted by molar-refractivity contribution is -0.0707. The summed E-state index contributed by atoms with van der Waals surface area (Å²) in [6.07, 6.45) is 4.34. The molecule has 1 saturated heterocycles. The maximum atomic E-state index is 5.68. The Labute approximate surface area is 117 Å². The van der Waals surface area contributed by atoms with Crippen LogP contribution in [0.1, 0.15) is 25.0 Å². The van der Waals surface area contributed by atoms with E-state index in [1.165, 1.54) is 32.4 Å². The standard InChI is InChI=1S/C14H19BrN2O/c15-13-4-1-3-12(16-13)9-18-8-7-17-10-14(11-17)5-2-6-14/h1,3-4H,2,5-11H2. The predicted octanol–water partition coefficient (Wildman–Crippen LogP) is 2.85. The van der Waals surface area contributed by atoms with Gasteiger partial charge in [0.1, 0.15) is 4.60 Å². The van der Waals surface area contributed by atoms with Crippen LogP contribution in [0.2, 0.25) is 0 Å². The molecule has 3 rings (SSSR count). The predicted molar refractivity (Wildman–Crippen MR) is 74.3 cm³/mol.